The number of hydrogen-bond donors (Lipinski definition) is 1. The van der Waals surface area contributed by atoms with Crippen molar-refractivity contribution in [1.82, 2.24) is 14.6 Å². The predicted molar refractivity (Wildman–Crippen MR) is 100 cm³/mol. The van der Waals surface area contributed by atoms with E-state index in [0.717, 1.165) is 24.2 Å². The summed E-state index contributed by atoms with van der Waals surface area (Å²) in [5.74, 6) is 1.83. The molecule has 26 heavy (non-hydrogen) atoms. The highest BCUT2D eigenvalue weighted by Crippen LogP contribution is 2.42. The normalized spacial score (nSPS) is 16.2. The lowest BCUT2D eigenvalue weighted by Crippen LogP contribution is -2.25. The van der Waals surface area contributed by atoms with Gasteiger partial charge in [-0.15, -0.1) is 0 Å². The van der Waals surface area contributed by atoms with Crippen LogP contribution >= 0.6 is 11.6 Å². The molecule has 0 radical (unpaired) electrons. The van der Waals surface area contributed by atoms with Crippen LogP contribution in [0.1, 0.15) is 57.9 Å². The van der Waals surface area contributed by atoms with Gasteiger partial charge in [-0.25, -0.2) is 9.78 Å². The second kappa shape index (κ2) is 7.70. The number of aromatic nitrogens is 3. The number of carbonyl (C=O) groups excluding carboxylic acids is 1. The number of ether oxygens (including phenoxy) is 2. The van der Waals surface area contributed by atoms with Crippen molar-refractivity contribution in [3.05, 3.63) is 16.9 Å². The minimum atomic E-state index is -0.817. The molecule has 7 nitrogen and oxygen atoms in total. The second-order valence-electron chi connectivity index (χ2n) is 7.12. The van der Waals surface area contributed by atoms with E-state index in [1.165, 1.54) is 26.1 Å². The van der Waals surface area contributed by atoms with Crippen LogP contribution < -0.4 is 10.1 Å². The third kappa shape index (κ3) is 3.58. The molecule has 1 N–H and O–H groups in total. The molecular formula is C18H25ClN4O3. The first-order chi connectivity index (χ1) is 12.4. The first-order valence-corrected chi connectivity index (χ1v) is 9.39. The lowest BCUT2D eigenvalue weighted by molar-refractivity contribution is 0.122. The van der Waals surface area contributed by atoms with E-state index >= 15 is 0 Å². The maximum Gasteiger partial charge on any atom is 0.513 e. The van der Waals surface area contributed by atoms with Crippen molar-refractivity contribution in [3.8, 4) is 5.75 Å². The molecule has 142 valence electrons. The van der Waals surface area contributed by atoms with Gasteiger partial charge in [0.15, 0.2) is 5.75 Å². The molecule has 0 bridgehead atoms. The summed E-state index contributed by atoms with van der Waals surface area (Å²) < 4.78 is 11.4. The van der Waals surface area contributed by atoms with E-state index in [4.69, 9.17) is 16.3 Å². The standard InChI is InChI=1S/C18H25ClN4O3/c1-10(2)11(3)21-17-14(12-7-5-6-8-12)15(19)22-16-13(9-20-23(16)17)26-18(24)25-4/h9-12,21H,5-8H2,1-4H3/t11-/m1/s1. The fourth-order valence-corrected chi connectivity index (χ4v) is 3.58. The molecule has 0 aliphatic heterocycles. The zero-order valence-corrected chi connectivity index (χ0v) is 16.3. The van der Waals surface area contributed by atoms with Crippen molar-refractivity contribution in [2.24, 2.45) is 5.92 Å². The largest absolute Gasteiger partial charge is 0.513 e. The molecule has 1 aliphatic rings. The number of rotatable bonds is 5. The third-order valence-electron chi connectivity index (χ3n) is 5.09. The molecule has 0 aromatic carbocycles. The Morgan fingerprint density at radius 2 is 2.04 bits per heavy atom. The van der Waals surface area contributed by atoms with E-state index in [0.29, 0.717) is 22.6 Å². The average molecular weight is 381 g/mol. The van der Waals surface area contributed by atoms with E-state index in [-0.39, 0.29) is 11.8 Å². The molecule has 0 saturated heterocycles. The summed E-state index contributed by atoms with van der Waals surface area (Å²) in [6.45, 7) is 6.43. The van der Waals surface area contributed by atoms with Gasteiger partial charge in [-0.3, -0.25) is 0 Å². The van der Waals surface area contributed by atoms with E-state index in [1.807, 2.05) is 0 Å². The molecule has 2 aromatic rings. The summed E-state index contributed by atoms with van der Waals surface area (Å²) >= 11 is 6.59. The molecule has 0 unspecified atom stereocenters. The monoisotopic (exact) mass is 380 g/mol. The highest BCUT2D eigenvalue weighted by atomic mass is 35.5. The molecule has 1 atom stereocenters. The second-order valence-corrected chi connectivity index (χ2v) is 7.48. The minimum Gasteiger partial charge on any atom is -0.437 e. The van der Waals surface area contributed by atoms with E-state index in [1.54, 1.807) is 4.52 Å². The quantitative estimate of drug-likeness (QED) is 0.601. The molecule has 0 spiro atoms. The fraction of sp³-hybridized carbons (Fsp3) is 0.611. The van der Waals surface area contributed by atoms with Crippen LogP contribution in [0.15, 0.2) is 6.20 Å². The highest BCUT2D eigenvalue weighted by molar-refractivity contribution is 6.30. The SMILES string of the molecule is COC(=O)Oc1cnn2c(N[C@H](C)C(C)C)c(C3CCCC3)c(Cl)nc12. The molecular weight excluding hydrogens is 356 g/mol. The van der Waals surface area contributed by atoms with Gasteiger partial charge in [0.25, 0.3) is 0 Å². The predicted octanol–water partition coefficient (Wildman–Crippen LogP) is 4.64. The van der Waals surface area contributed by atoms with Gasteiger partial charge in [-0.2, -0.15) is 9.61 Å². The zero-order valence-electron chi connectivity index (χ0n) is 15.6. The Hall–Kier alpha value is -2.02. The summed E-state index contributed by atoms with van der Waals surface area (Å²) in [7, 11) is 1.25. The number of carbonyl (C=O) groups is 1. The Labute approximate surface area is 158 Å². The summed E-state index contributed by atoms with van der Waals surface area (Å²) in [6, 6.07) is 0.214. The average Bonchev–Trinajstić information content (AvgIpc) is 3.25. The number of nitrogens with one attached hydrogen (secondary N) is 1. The molecule has 2 aromatic heterocycles. The summed E-state index contributed by atoms with van der Waals surface area (Å²) in [6.07, 6.45) is 5.19. The minimum absolute atomic E-state index is 0.214. The van der Waals surface area contributed by atoms with Crippen LogP contribution in [-0.4, -0.2) is 33.9 Å². The maximum absolute atomic E-state index is 11.5. The van der Waals surface area contributed by atoms with Crippen molar-refractivity contribution in [3.63, 3.8) is 0 Å². The number of anilines is 1. The first-order valence-electron chi connectivity index (χ1n) is 9.01. The number of methoxy groups -OCH3 is 1. The molecule has 3 rings (SSSR count). The lowest BCUT2D eigenvalue weighted by atomic mass is 9.98. The van der Waals surface area contributed by atoms with E-state index in [9.17, 15) is 4.79 Å². The first kappa shape index (κ1) is 18.8. The van der Waals surface area contributed by atoms with Crippen LogP contribution in [0.4, 0.5) is 10.6 Å². The molecule has 0 amide bonds. The lowest BCUT2D eigenvalue weighted by Gasteiger charge is -2.24. The highest BCUT2D eigenvalue weighted by Gasteiger charge is 2.28. The van der Waals surface area contributed by atoms with Crippen molar-refractivity contribution in [2.45, 2.75) is 58.4 Å². The topological polar surface area (TPSA) is 77.8 Å². The van der Waals surface area contributed by atoms with Gasteiger partial charge in [-0.05, 0) is 31.6 Å². The third-order valence-corrected chi connectivity index (χ3v) is 5.38. The van der Waals surface area contributed by atoms with Crippen LogP contribution in [0.25, 0.3) is 5.65 Å². The van der Waals surface area contributed by atoms with Gasteiger partial charge in [0.05, 0.1) is 13.3 Å². The fourth-order valence-electron chi connectivity index (χ4n) is 3.26. The van der Waals surface area contributed by atoms with Gasteiger partial charge in [0.2, 0.25) is 5.65 Å². The Morgan fingerprint density at radius 1 is 1.35 bits per heavy atom. The Kier molecular flexibility index (Phi) is 5.55. The van der Waals surface area contributed by atoms with Crippen LogP contribution in [0, 0.1) is 5.92 Å². The van der Waals surface area contributed by atoms with Gasteiger partial charge in [0, 0.05) is 11.6 Å². The molecule has 1 fully saturated rings. The maximum atomic E-state index is 11.5. The number of halogens is 1. The molecule has 2 heterocycles. The van der Waals surface area contributed by atoms with Crippen LogP contribution in [-0.2, 0) is 4.74 Å². The Bertz CT molecular complexity index is 799. The zero-order chi connectivity index (χ0) is 18.8. The number of hydrogen-bond acceptors (Lipinski definition) is 6. The van der Waals surface area contributed by atoms with Crippen molar-refractivity contribution < 1.29 is 14.3 Å². The molecule has 1 saturated carbocycles. The number of nitrogens with zero attached hydrogens (tertiary/aromatic N) is 3. The van der Waals surface area contributed by atoms with Crippen LogP contribution in [0.2, 0.25) is 5.15 Å². The van der Waals surface area contributed by atoms with Gasteiger partial charge in [-0.1, -0.05) is 38.3 Å². The van der Waals surface area contributed by atoms with Crippen molar-refractivity contribution in [1.29, 1.82) is 0 Å². The molecule has 1 aliphatic carbocycles. The van der Waals surface area contributed by atoms with E-state index in [2.05, 4.69) is 40.9 Å². The van der Waals surface area contributed by atoms with Gasteiger partial charge >= 0.3 is 6.16 Å². The summed E-state index contributed by atoms with van der Waals surface area (Å²) in [5, 5.41) is 8.38. The molecule has 8 heteroatoms. The van der Waals surface area contributed by atoms with Crippen molar-refractivity contribution >= 4 is 29.2 Å². The Morgan fingerprint density at radius 3 is 2.65 bits per heavy atom. The van der Waals surface area contributed by atoms with Crippen molar-refractivity contribution in [2.75, 3.05) is 12.4 Å². The van der Waals surface area contributed by atoms with Gasteiger partial charge < -0.3 is 14.8 Å². The summed E-state index contributed by atoms with van der Waals surface area (Å²) in [5.41, 5.74) is 1.39. The van der Waals surface area contributed by atoms with Crippen LogP contribution in [0.3, 0.4) is 0 Å². The van der Waals surface area contributed by atoms with E-state index < -0.39 is 6.16 Å². The smallest absolute Gasteiger partial charge is 0.437 e. The van der Waals surface area contributed by atoms with Gasteiger partial charge in [0.1, 0.15) is 11.0 Å². The summed E-state index contributed by atoms with van der Waals surface area (Å²) in [4.78, 5) is 16.0. The Balaban J connectivity index is 2.12. The number of fused-ring (bicyclic) bond motifs is 1. The van der Waals surface area contributed by atoms with Crippen LogP contribution in [0.5, 0.6) is 5.75 Å².